The van der Waals surface area contributed by atoms with Gasteiger partial charge in [-0.1, -0.05) is 19.3 Å². The third-order valence-electron chi connectivity index (χ3n) is 3.79. The highest BCUT2D eigenvalue weighted by Crippen LogP contribution is 2.27. The van der Waals surface area contributed by atoms with E-state index in [1.165, 1.54) is 19.3 Å². The Balaban J connectivity index is 2.72. The van der Waals surface area contributed by atoms with Gasteiger partial charge in [-0.15, -0.1) is 0 Å². The monoisotopic (exact) mass is 229 g/mol. The van der Waals surface area contributed by atoms with Crippen LogP contribution >= 0.6 is 0 Å². The van der Waals surface area contributed by atoms with E-state index in [-0.39, 0.29) is 6.61 Å². The van der Waals surface area contributed by atoms with Gasteiger partial charge in [0.2, 0.25) is 0 Å². The van der Waals surface area contributed by atoms with Gasteiger partial charge in [0, 0.05) is 13.2 Å². The zero-order valence-electron chi connectivity index (χ0n) is 10.5. The molecule has 1 unspecified atom stereocenters. The quantitative estimate of drug-likeness (QED) is 0.780. The average Bonchev–Trinajstić information content (AvgIpc) is 2.29. The molecule has 0 aliphatic heterocycles. The van der Waals surface area contributed by atoms with Gasteiger partial charge in [-0.3, -0.25) is 9.69 Å². The van der Waals surface area contributed by atoms with Gasteiger partial charge in [-0.05, 0) is 26.8 Å². The number of carboxylic acids is 1. The van der Waals surface area contributed by atoms with Crippen LogP contribution in [0.15, 0.2) is 0 Å². The second-order valence-corrected chi connectivity index (χ2v) is 4.91. The van der Waals surface area contributed by atoms with Gasteiger partial charge in [0.1, 0.15) is 5.54 Å². The van der Waals surface area contributed by atoms with Crippen molar-refractivity contribution in [3.8, 4) is 0 Å². The lowest BCUT2D eigenvalue weighted by molar-refractivity contribution is -0.155. The molecular formula is C12H23NO3. The first-order chi connectivity index (χ1) is 7.52. The summed E-state index contributed by atoms with van der Waals surface area (Å²) < 4.78 is 5.06. The van der Waals surface area contributed by atoms with Gasteiger partial charge in [-0.25, -0.2) is 0 Å². The summed E-state index contributed by atoms with van der Waals surface area (Å²) in [6.07, 6.45) is 5.89. The minimum absolute atomic E-state index is 0.231. The highest BCUT2D eigenvalue weighted by molar-refractivity contribution is 5.78. The van der Waals surface area contributed by atoms with Gasteiger partial charge in [0.25, 0.3) is 0 Å². The van der Waals surface area contributed by atoms with Crippen molar-refractivity contribution in [3.05, 3.63) is 0 Å². The van der Waals surface area contributed by atoms with E-state index in [0.717, 1.165) is 12.8 Å². The van der Waals surface area contributed by atoms with E-state index in [4.69, 9.17) is 4.74 Å². The highest BCUT2D eigenvalue weighted by atomic mass is 16.5. The number of rotatable bonds is 5. The maximum absolute atomic E-state index is 11.4. The fourth-order valence-electron chi connectivity index (χ4n) is 2.47. The third-order valence-corrected chi connectivity index (χ3v) is 3.79. The predicted octanol–water partition coefficient (Wildman–Crippen LogP) is 1.74. The molecule has 4 heteroatoms. The van der Waals surface area contributed by atoms with Crippen molar-refractivity contribution in [2.24, 2.45) is 0 Å². The summed E-state index contributed by atoms with van der Waals surface area (Å²) in [5.41, 5.74) is -0.906. The molecule has 0 aromatic heterocycles. The van der Waals surface area contributed by atoms with Crippen LogP contribution in [0.4, 0.5) is 0 Å². The number of hydrogen-bond donors (Lipinski definition) is 1. The van der Waals surface area contributed by atoms with Crippen molar-refractivity contribution >= 4 is 5.97 Å². The lowest BCUT2D eigenvalue weighted by Crippen LogP contribution is -2.57. The number of methoxy groups -OCH3 is 1. The molecule has 0 spiro atoms. The topological polar surface area (TPSA) is 49.8 Å². The molecule has 0 saturated heterocycles. The SMILES string of the molecule is COCC(C)(C(=O)O)N(C)C1CCCCC1. The van der Waals surface area contributed by atoms with Gasteiger partial charge < -0.3 is 9.84 Å². The molecule has 16 heavy (non-hydrogen) atoms. The van der Waals surface area contributed by atoms with Crippen molar-refractivity contribution in [2.75, 3.05) is 20.8 Å². The average molecular weight is 229 g/mol. The molecule has 0 aromatic carbocycles. The molecule has 1 atom stereocenters. The molecule has 0 amide bonds. The number of carbonyl (C=O) groups is 1. The Hall–Kier alpha value is -0.610. The molecule has 4 nitrogen and oxygen atoms in total. The molecule has 1 fully saturated rings. The molecule has 1 rings (SSSR count). The molecule has 1 aliphatic carbocycles. The maximum atomic E-state index is 11.4. The third kappa shape index (κ3) is 2.74. The second kappa shape index (κ2) is 5.64. The fraction of sp³-hybridized carbons (Fsp3) is 0.917. The molecule has 94 valence electrons. The summed E-state index contributed by atoms with van der Waals surface area (Å²) in [6.45, 7) is 1.97. The summed E-state index contributed by atoms with van der Waals surface area (Å²) in [7, 11) is 3.46. The maximum Gasteiger partial charge on any atom is 0.326 e. The summed E-state index contributed by atoms with van der Waals surface area (Å²) in [4.78, 5) is 13.4. The van der Waals surface area contributed by atoms with E-state index >= 15 is 0 Å². The van der Waals surface area contributed by atoms with Crippen LogP contribution < -0.4 is 0 Å². The Morgan fingerprint density at radius 1 is 1.44 bits per heavy atom. The Morgan fingerprint density at radius 3 is 2.44 bits per heavy atom. The van der Waals surface area contributed by atoms with Crippen molar-refractivity contribution in [1.29, 1.82) is 0 Å². The molecule has 1 N–H and O–H groups in total. The Kier molecular flexibility index (Phi) is 4.74. The van der Waals surface area contributed by atoms with Crippen molar-refractivity contribution in [1.82, 2.24) is 4.90 Å². The first-order valence-corrected chi connectivity index (χ1v) is 5.97. The number of likely N-dealkylation sites (N-methyl/N-ethyl adjacent to an activating group) is 1. The Morgan fingerprint density at radius 2 is 2.00 bits per heavy atom. The van der Waals surface area contributed by atoms with Crippen LogP contribution in [-0.4, -0.2) is 48.3 Å². The zero-order valence-corrected chi connectivity index (χ0v) is 10.5. The van der Waals surface area contributed by atoms with Crippen LogP contribution in [0, 0.1) is 0 Å². The van der Waals surface area contributed by atoms with E-state index < -0.39 is 11.5 Å². The number of aliphatic carboxylic acids is 1. The standard InChI is InChI=1S/C12H23NO3/c1-12(9-16-3,11(14)15)13(2)10-7-5-4-6-8-10/h10H,4-9H2,1-3H3,(H,14,15). The summed E-state index contributed by atoms with van der Waals surface area (Å²) in [5, 5.41) is 9.34. The second-order valence-electron chi connectivity index (χ2n) is 4.91. The minimum Gasteiger partial charge on any atom is -0.480 e. The Bertz CT molecular complexity index is 238. The normalized spacial score (nSPS) is 22.0. The van der Waals surface area contributed by atoms with E-state index in [9.17, 15) is 9.90 Å². The van der Waals surface area contributed by atoms with E-state index in [1.807, 2.05) is 11.9 Å². The lowest BCUT2D eigenvalue weighted by atomic mass is 9.90. The van der Waals surface area contributed by atoms with Gasteiger partial charge >= 0.3 is 5.97 Å². The summed E-state index contributed by atoms with van der Waals surface area (Å²) in [6, 6.07) is 0.380. The van der Waals surface area contributed by atoms with Crippen molar-refractivity contribution in [3.63, 3.8) is 0 Å². The Labute approximate surface area is 97.6 Å². The minimum atomic E-state index is -0.906. The van der Waals surface area contributed by atoms with E-state index in [0.29, 0.717) is 6.04 Å². The van der Waals surface area contributed by atoms with Gasteiger partial charge in [0.05, 0.1) is 6.61 Å². The molecule has 0 heterocycles. The molecule has 0 radical (unpaired) electrons. The van der Waals surface area contributed by atoms with Crippen molar-refractivity contribution in [2.45, 2.75) is 50.6 Å². The number of ether oxygens (including phenoxy) is 1. The molecular weight excluding hydrogens is 206 g/mol. The summed E-state index contributed by atoms with van der Waals surface area (Å²) in [5.74, 6) is -0.803. The number of carboxylic acid groups (broad SMARTS) is 1. The smallest absolute Gasteiger partial charge is 0.326 e. The van der Waals surface area contributed by atoms with Crippen LogP contribution in [0.25, 0.3) is 0 Å². The fourth-order valence-corrected chi connectivity index (χ4v) is 2.47. The van der Waals surface area contributed by atoms with Crippen LogP contribution in [-0.2, 0) is 9.53 Å². The number of nitrogens with zero attached hydrogens (tertiary/aromatic N) is 1. The lowest BCUT2D eigenvalue weighted by Gasteiger charge is -2.41. The first kappa shape index (κ1) is 13.5. The van der Waals surface area contributed by atoms with Gasteiger partial charge in [-0.2, -0.15) is 0 Å². The molecule has 0 aromatic rings. The molecule has 1 saturated carbocycles. The van der Waals surface area contributed by atoms with E-state index in [1.54, 1.807) is 14.0 Å². The van der Waals surface area contributed by atoms with E-state index in [2.05, 4.69) is 0 Å². The van der Waals surface area contributed by atoms with Crippen LogP contribution in [0.1, 0.15) is 39.0 Å². The predicted molar refractivity (Wildman–Crippen MR) is 62.6 cm³/mol. The number of hydrogen-bond acceptors (Lipinski definition) is 3. The zero-order chi connectivity index (χ0) is 12.2. The summed E-state index contributed by atoms with van der Waals surface area (Å²) >= 11 is 0. The largest absolute Gasteiger partial charge is 0.480 e. The van der Waals surface area contributed by atoms with Crippen LogP contribution in [0.2, 0.25) is 0 Å². The molecule has 1 aliphatic rings. The van der Waals surface area contributed by atoms with Crippen LogP contribution in [0.5, 0.6) is 0 Å². The van der Waals surface area contributed by atoms with Gasteiger partial charge in [0.15, 0.2) is 0 Å². The highest BCUT2D eigenvalue weighted by Gasteiger charge is 2.41. The van der Waals surface area contributed by atoms with Crippen molar-refractivity contribution < 1.29 is 14.6 Å². The van der Waals surface area contributed by atoms with Crippen LogP contribution in [0.3, 0.4) is 0 Å². The molecule has 0 bridgehead atoms. The first-order valence-electron chi connectivity index (χ1n) is 5.97.